The van der Waals surface area contributed by atoms with Crippen LogP contribution in [0.2, 0.25) is 0 Å². The van der Waals surface area contributed by atoms with E-state index < -0.39 is 0 Å². The fraction of sp³-hybridized carbons (Fsp3) is 1.00. The van der Waals surface area contributed by atoms with Crippen molar-refractivity contribution in [1.29, 1.82) is 0 Å². The summed E-state index contributed by atoms with van der Waals surface area (Å²) in [7, 11) is 0. The topological polar surface area (TPSA) is 36.9 Å². The minimum absolute atomic E-state index is 0.0641. The second kappa shape index (κ2) is 6.22. The quantitative estimate of drug-likeness (QED) is 0.731. The third-order valence-corrected chi connectivity index (χ3v) is 7.16. The minimum Gasteiger partial charge on any atom is -0.349 e. The van der Waals surface area contributed by atoms with Gasteiger partial charge in [-0.15, -0.1) is 0 Å². The average molecular weight is 343 g/mol. The number of ether oxygens (including phenoxy) is 4. The smallest absolute Gasteiger partial charge is 0.156 e. The van der Waals surface area contributed by atoms with Gasteiger partial charge in [-0.05, 0) is 61.3 Å². The van der Waals surface area contributed by atoms with Crippen LogP contribution in [0.15, 0.2) is 0 Å². The summed E-state index contributed by atoms with van der Waals surface area (Å²) in [6.45, 7) is 21.6. The molecule has 2 heterocycles. The highest BCUT2D eigenvalue weighted by molar-refractivity contribution is 5.01. The lowest BCUT2D eigenvalue weighted by atomic mass is 9.66. The molecule has 0 spiro atoms. The SMILES string of the molecule is CC1OC(C)(C)C(C)C(C)(CCC2(C)OC(C)OC(C)C2(C)C)O1. The van der Waals surface area contributed by atoms with Crippen molar-refractivity contribution in [3.63, 3.8) is 0 Å². The van der Waals surface area contributed by atoms with Crippen LogP contribution in [0.5, 0.6) is 0 Å². The first kappa shape index (κ1) is 20.2. The van der Waals surface area contributed by atoms with Gasteiger partial charge in [0.05, 0.1) is 22.9 Å². The summed E-state index contributed by atoms with van der Waals surface area (Å²) in [6.07, 6.45) is 1.67. The van der Waals surface area contributed by atoms with Crippen molar-refractivity contribution in [3.05, 3.63) is 0 Å². The summed E-state index contributed by atoms with van der Waals surface area (Å²) in [5.74, 6) is 0.294. The monoisotopic (exact) mass is 342 g/mol. The van der Waals surface area contributed by atoms with E-state index in [2.05, 4.69) is 55.4 Å². The first-order valence-electron chi connectivity index (χ1n) is 9.42. The molecule has 2 rings (SSSR count). The largest absolute Gasteiger partial charge is 0.349 e. The Kier molecular flexibility index (Phi) is 5.23. The van der Waals surface area contributed by atoms with Gasteiger partial charge < -0.3 is 18.9 Å². The van der Waals surface area contributed by atoms with Gasteiger partial charge >= 0.3 is 0 Å². The predicted octanol–water partition coefficient (Wildman–Crippen LogP) is 4.90. The molecule has 2 fully saturated rings. The van der Waals surface area contributed by atoms with Crippen LogP contribution in [0, 0.1) is 11.3 Å². The van der Waals surface area contributed by atoms with Crippen LogP contribution in [0.25, 0.3) is 0 Å². The van der Waals surface area contributed by atoms with Crippen molar-refractivity contribution in [1.82, 2.24) is 0 Å². The standard InChI is InChI=1S/C20H38O4/c1-13-18(7,8)22-16(4)23-19(13,9)11-12-20(10)17(5,6)14(2)21-15(3)24-20/h13-16H,11-12H2,1-10H3. The van der Waals surface area contributed by atoms with Gasteiger partial charge in [0.15, 0.2) is 12.6 Å². The van der Waals surface area contributed by atoms with Gasteiger partial charge in [0.2, 0.25) is 0 Å². The molecule has 0 N–H and O–H groups in total. The van der Waals surface area contributed by atoms with Crippen molar-refractivity contribution in [2.45, 2.75) is 118 Å². The van der Waals surface area contributed by atoms with Gasteiger partial charge in [-0.1, -0.05) is 20.8 Å². The maximum Gasteiger partial charge on any atom is 0.156 e. The molecular formula is C20H38O4. The predicted molar refractivity (Wildman–Crippen MR) is 95.8 cm³/mol. The molecule has 0 saturated carbocycles. The van der Waals surface area contributed by atoms with E-state index in [1.165, 1.54) is 0 Å². The van der Waals surface area contributed by atoms with Crippen LogP contribution in [-0.4, -0.2) is 35.5 Å². The lowest BCUT2D eigenvalue weighted by molar-refractivity contribution is -0.341. The van der Waals surface area contributed by atoms with E-state index in [9.17, 15) is 0 Å². The van der Waals surface area contributed by atoms with Crippen LogP contribution in [0.4, 0.5) is 0 Å². The van der Waals surface area contributed by atoms with Crippen molar-refractivity contribution in [3.8, 4) is 0 Å². The third kappa shape index (κ3) is 3.40. The molecule has 0 radical (unpaired) electrons. The summed E-state index contributed by atoms with van der Waals surface area (Å²) < 4.78 is 24.5. The second-order valence-electron chi connectivity index (χ2n) is 9.36. The van der Waals surface area contributed by atoms with E-state index in [4.69, 9.17) is 18.9 Å². The zero-order valence-electron chi connectivity index (χ0n) is 17.4. The highest BCUT2D eigenvalue weighted by Gasteiger charge is 2.54. The van der Waals surface area contributed by atoms with Gasteiger partial charge in [-0.2, -0.15) is 0 Å². The molecule has 4 nitrogen and oxygen atoms in total. The van der Waals surface area contributed by atoms with E-state index >= 15 is 0 Å². The van der Waals surface area contributed by atoms with E-state index in [0.29, 0.717) is 5.92 Å². The van der Waals surface area contributed by atoms with Gasteiger partial charge in [-0.25, -0.2) is 0 Å². The van der Waals surface area contributed by atoms with E-state index in [1.807, 2.05) is 13.8 Å². The minimum atomic E-state index is -0.248. The molecule has 2 aliphatic heterocycles. The zero-order valence-corrected chi connectivity index (χ0v) is 17.4. The molecule has 6 atom stereocenters. The molecule has 0 bridgehead atoms. The van der Waals surface area contributed by atoms with E-state index in [0.717, 1.165) is 12.8 Å². The summed E-state index contributed by atoms with van der Waals surface area (Å²) in [5.41, 5.74) is -0.735. The van der Waals surface area contributed by atoms with Gasteiger partial charge in [0.25, 0.3) is 0 Å². The number of hydrogen-bond acceptors (Lipinski definition) is 4. The highest BCUT2D eigenvalue weighted by atomic mass is 16.7. The molecule has 0 aromatic heterocycles. The molecule has 2 saturated heterocycles. The third-order valence-electron chi connectivity index (χ3n) is 7.16. The molecule has 4 heteroatoms. The van der Waals surface area contributed by atoms with Crippen molar-refractivity contribution >= 4 is 0 Å². The fourth-order valence-electron chi connectivity index (χ4n) is 4.35. The summed E-state index contributed by atoms with van der Waals surface area (Å²) in [5, 5.41) is 0. The Morgan fingerprint density at radius 3 is 1.88 bits per heavy atom. The molecule has 24 heavy (non-hydrogen) atoms. The molecule has 0 amide bonds. The van der Waals surface area contributed by atoms with Gasteiger partial charge in [0, 0.05) is 11.3 Å². The summed E-state index contributed by atoms with van der Waals surface area (Å²) >= 11 is 0. The first-order valence-corrected chi connectivity index (χ1v) is 9.42. The molecule has 0 aromatic rings. The van der Waals surface area contributed by atoms with Crippen LogP contribution >= 0.6 is 0 Å². The van der Waals surface area contributed by atoms with Crippen LogP contribution in [-0.2, 0) is 18.9 Å². The normalized spacial score (nSPS) is 48.2. The molecule has 0 aliphatic carbocycles. The van der Waals surface area contributed by atoms with Crippen LogP contribution in [0.1, 0.15) is 82.1 Å². The van der Waals surface area contributed by atoms with Crippen LogP contribution < -0.4 is 0 Å². The van der Waals surface area contributed by atoms with Gasteiger partial charge in [-0.3, -0.25) is 0 Å². The lowest BCUT2D eigenvalue weighted by Gasteiger charge is -2.56. The first-order chi connectivity index (χ1) is 10.7. The molecule has 142 valence electrons. The Morgan fingerprint density at radius 2 is 1.29 bits per heavy atom. The number of rotatable bonds is 3. The van der Waals surface area contributed by atoms with Crippen LogP contribution in [0.3, 0.4) is 0 Å². The Morgan fingerprint density at radius 1 is 0.708 bits per heavy atom. The number of hydrogen-bond donors (Lipinski definition) is 0. The molecule has 0 aromatic carbocycles. The Bertz CT molecular complexity index is 461. The molecule has 6 unspecified atom stereocenters. The highest BCUT2D eigenvalue weighted by Crippen LogP contribution is 2.49. The Labute approximate surface area is 148 Å². The lowest BCUT2D eigenvalue weighted by Crippen LogP contribution is -2.60. The zero-order chi connectivity index (χ0) is 18.6. The maximum absolute atomic E-state index is 6.30. The van der Waals surface area contributed by atoms with Crippen molar-refractivity contribution in [2.24, 2.45) is 11.3 Å². The maximum atomic E-state index is 6.30. The average Bonchev–Trinajstić information content (AvgIpc) is 2.40. The second-order valence-corrected chi connectivity index (χ2v) is 9.36. The molecule has 2 aliphatic rings. The van der Waals surface area contributed by atoms with Gasteiger partial charge in [0.1, 0.15) is 0 Å². The summed E-state index contributed by atoms with van der Waals surface area (Å²) in [6, 6.07) is 0. The summed E-state index contributed by atoms with van der Waals surface area (Å²) in [4.78, 5) is 0. The van der Waals surface area contributed by atoms with E-state index in [1.54, 1.807) is 0 Å². The fourth-order valence-corrected chi connectivity index (χ4v) is 4.35. The van der Waals surface area contributed by atoms with Crippen molar-refractivity contribution in [2.75, 3.05) is 0 Å². The van der Waals surface area contributed by atoms with Crippen molar-refractivity contribution < 1.29 is 18.9 Å². The Hall–Kier alpha value is -0.160. The Balaban J connectivity index is 2.18. The molecular weight excluding hydrogens is 304 g/mol. The van der Waals surface area contributed by atoms with E-state index in [-0.39, 0.29) is 40.9 Å².